The fourth-order valence-electron chi connectivity index (χ4n) is 2.97. The van der Waals surface area contributed by atoms with Gasteiger partial charge >= 0.3 is 11.8 Å². The molecule has 0 unspecified atom stereocenters. The number of para-hydroxylation sites is 1. The smallest absolute Gasteiger partial charge is 0.309 e. The highest BCUT2D eigenvalue weighted by molar-refractivity contribution is 7.93. The molecule has 1 atom stereocenters. The molecule has 3 rings (SSSR count). The predicted molar refractivity (Wildman–Crippen MR) is 121 cm³/mol. The maximum atomic E-state index is 13.0. The highest BCUT2D eigenvalue weighted by atomic mass is 32.2. The Morgan fingerprint density at radius 1 is 0.968 bits per heavy atom. The average Bonchev–Trinajstić information content (AvgIpc) is 3.48. The van der Waals surface area contributed by atoms with Crippen molar-refractivity contribution in [3.63, 3.8) is 0 Å². The third-order valence-electron chi connectivity index (χ3n) is 4.54. The zero-order chi connectivity index (χ0) is 22.3. The van der Waals surface area contributed by atoms with Gasteiger partial charge in [0, 0.05) is 18.0 Å². The van der Waals surface area contributed by atoms with Gasteiger partial charge in [-0.15, -0.1) is 22.7 Å². The number of carbonyl (C=O) groups is 2. The summed E-state index contributed by atoms with van der Waals surface area (Å²) in [4.78, 5) is 25.0. The molecule has 3 aromatic rings. The topological polar surface area (TPSA) is 102 Å². The summed E-state index contributed by atoms with van der Waals surface area (Å²) < 4.78 is 31.5. The van der Waals surface area contributed by atoms with Crippen molar-refractivity contribution in [3.8, 4) is 5.75 Å². The molecule has 2 N–H and O–H groups in total. The maximum absolute atomic E-state index is 13.0. The summed E-state index contributed by atoms with van der Waals surface area (Å²) >= 11 is 2.41. The number of amides is 2. The monoisotopic (exact) mass is 478 g/mol. The molecule has 0 fully saturated rings. The van der Waals surface area contributed by atoms with Crippen LogP contribution in [0.4, 0.5) is 0 Å². The maximum Gasteiger partial charge on any atom is 0.309 e. The van der Waals surface area contributed by atoms with Crippen LogP contribution in [0.5, 0.6) is 5.75 Å². The molecule has 0 aliphatic heterocycles. The van der Waals surface area contributed by atoms with Gasteiger partial charge in [-0.05, 0) is 40.9 Å². The van der Waals surface area contributed by atoms with Crippen molar-refractivity contribution in [2.45, 2.75) is 15.9 Å². The number of hydrogen-bond donors (Lipinski definition) is 2. The summed E-state index contributed by atoms with van der Waals surface area (Å²) in [6.45, 7) is 0.0496. The third kappa shape index (κ3) is 5.72. The Labute approximate surface area is 189 Å². The zero-order valence-electron chi connectivity index (χ0n) is 16.7. The van der Waals surface area contributed by atoms with E-state index in [4.69, 9.17) is 4.74 Å². The number of benzene rings is 1. The van der Waals surface area contributed by atoms with E-state index in [1.807, 2.05) is 24.3 Å². The Morgan fingerprint density at radius 3 is 2.35 bits per heavy atom. The lowest BCUT2D eigenvalue weighted by atomic mass is 10.1. The SMILES string of the molecule is COc1ccccc1CCNC(=O)C(=O)NC[C@@H](c1cccs1)S(=O)(=O)c1cccs1. The molecule has 10 heteroatoms. The van der Waals surface area contributed by atoms with Gasteiger partial charge in [0.15, 0.2) is 9.84 Å². The summed E-state index contributed by atoms with van der Waals surface area (Å²) in [5, 5.41) is 7.52. The summed E-state index contributed by atoms with van der Waals surface area (Å²) in [5.41, 5.74) is 0.908. The van der Waals surface area contributed by atoms with Crippen LogP contribution in [-0.4, -0.2) is 40.4 Å². The summed E-state index contributed by atoms with van der Waals surface area (Å²) in [6, 6.07) is 14.1. The van der Waals surface area contributed by atoms with Crippen LogP contribution in [0.1, 0.15) is 15.7 Å². The molecule has 0 bridgehead atoms. The van der Waals surface area contributed by atoms with Gasteiger partial charge in [0.2, 0.25) is 0 Å². The highest BCUT2D eigenvalue weighted by Gasteiger charge is 2.31. The number of thiophene rings is 2. The Morgan fingerprint density at radius 2 is 1.68 bits per heavy atom. The van der Waals surface area contributed by atoms with Crippen LogP contribution in [0.15, 0.2) is 63.5 Å². The van der Waals surface area contributed by atoms with Crippen LogP contribution in [0.25, 0.3) is 0 Å². The minimum Gasteiger partial charge on any atom is -0.496 e. The van der Waals surface area contributed by atoms with Gasteiger partial charge in [0.05, 0.1) is 7.11 Å². The van der Waals surface area contributed by atoms with Crippen molar-refractivity contribution in [1.82, 2.24) is 10.6 Å². The molecule has 0 saturated heterocycles. The predicted octanol–water partition coefficient (Wildman–Crippen LogP) is 2.81. The fourth-order valence-corrected chi connectivity index (χ4v) is 6.96. The van der Waals surface area contributed by atoms with E-state index in [-0.39, 0.29) is 17.3 Å². The summed E-state index contributed by atoms with van der Waals surface area (Å²) in [5.74, 6) is -0.977. The van der Waals surface area contributed by atoms with Crippen LogP contribution >= 0.6 is 22.7 Å². The lowest BCUT2D eigenvalue weighted by Gasteiger charge is -2.16. The minimum atomic E-state index is -3.69. The van der Waals surface area contributed by atoms with E-state index in [0.717, 1.165) is 16.9 Å². The molecule has 0 aliphatic rings. The zero-order valence-corrected chi connectivity index (χ0v) is 19.2. The number of sulfone groups is 1. The molecule has 0 radical (unpaired) electrons. The van der Waals surface area contributed by atoms with Crippen molar-refractivity contribution in [2.75, 3.05) is 20.2 Å². The first kappa shape index (κ1) is 23.0. The number of hydrogen-bond acceptors (Lipinski definition) is 7. The van der Waals surface area contributed by atoms with Gasteiger partial charge in [-0.3, -0.25) is 9.59 Å². The highest BCUT2D eigenvalue weighted by Crippen LogP contribution is 2.33. The van der Waals surface area contributed by atoms with E-state index in [1.54, 1.807) is 36.1 Å². The molecular weight excluding hydrogens is 456 g/mol. The first-order valence-electron chi connectivity index (χ1n) is 9.42. The normalized spacial score (nSPS) is 12.2. The van der Waals surface area contributed by atoms with Gasteiger partial charge in [0.25, 0.3) is 0 Å². The van der Waals surface area contributed by atoms with Crippen LogP contribution in [0.2, 0.25) is 0 Å². The molecule has 0 spiro atoms. The number of nitrogens with one attached hydrogen (secondary N) is 2. The number of methoxy groups -OCH3 is 1. The quantitative estimate of drug-likeness (QED) is 0.461. The van der Waals surface area contributed by atoms with Gasteiger partial charge in [-0.25, -0.2) is 8.42 Å². The second-order valence-electron chi connectivity index (χ2n) is 6.51. The first-order chi connectivity index (χ1) is 14.9. The van der Waals surface area contributed by atoms with E-state index in [1.165, 1.54) is 17.4 Å². The Balaban J connectivity index is 1.59. The molecule has 1 aromatic carbocycles. The van der Waals surface area contributed by atoms with Crippen molar-refractivity contribution >= 4 is 44.3 Å². The Bertz CT molecular complexity index is 1110. The van der Waals surface area contributed by atoms with Crippen LogP contribution in [0, 0.1) is 0 Å². The number of carbonyl (C=O) groups excluding carboxylic acids is 2. The van der Waals surface area contributed by atoms with Crippen LogP contribution in [-0.2, 0) is 25.8 Å². The van der Waals surface area contributed by atoms with E-state index >= 15 is 0 Å². The first-order valence-corrected chi connectivity index (χ1v) is 12.7. The van der Waals surface area contributed by atoms with E-state index in [9.17, 15) is 18.0 Å². The summed E-state index contributed by atoms with van der Waals surface area (Å²) in [7, 11) is -2.13. The van der Waals surface area contributed by atoms with Crippen LogP contribution in [0.3, 0.4) is 0 Å². The van der Waals surface area contributed by atoms with Crippen molar-refractivity contribution in [3.05, 3.63) is 69.7 Å². The molecule has 2 amide bonds. The van der Waals surface area contributed by atoms with Crippen molar-refractivity contribution in [1.29, 1.82) is 0 Å². The summed E-state index contributed by atoms with van der Waals surface area (Å²) in [6.07, 6.45) is 0.494. The molecule has 0 saturated carbocycles. The van der Waals surface area contributed by atoms with Crippen LogP contribution < -0.4 is 15.4 Å². The molecule has 31 heavy (non-hydrogen) atoms. The Kier molecular flexibility index (Phi) is 7.83. The van der Waals surface area contributed by atoms with Gasteiger partial charge in [-0.1, -0.05) is 30.3 Å². The van der Waals surface area contributed by atoms with Gasteiger partial charge in [0.1, 0.15) is 15.2 Å². The van der Waals surface area contributed by atoms with E-state index in [0.29, 0.717) is 17.0 Å². The lowest BCUT2D eigenvalue weighted by Crippen LogP contribution is -2.42. The number of rotatable bonds is 9. The number of ether oxygens (including phenoxy) is 1. The second kappa shape index (κ2) is 10.6. The largest absolute Gasteiger partial charge is 0.496 e. The van der Waals surface area contributed by atoms with E-state index in [2.05, 4.69) is 10.6 Å². The minimum absolute atomic E-state index is 0.195. The van der Waals surface area contributed by atoms with Crippen molar-refractivity contribution in [2.24, 2.45) is 0 Å². The molecular formula is C21H22N2O5S3. The standard InChI is InChI=1S/C21H22N2O5S3/c1-28-16-7-3-2-6-15(16)10-11-22-20(24)21(25)23-14-18(17-8-4-12-29-17)31(26,27)19-9-5-13-30-19/h2-9,12-13,18H,10-11,14H2,1H3,(H,22,24)(H,23,25)/t18-/m0/s1. The Hall–Kier alpha value is -2.69. The van der Waals surface area contributed by atoms with Crippen molar-refractivity contribution < 1.29 is 22.7 Å². The molecule has 2 aromatic heterocycles. The molecule has 164 valence electrons. The molecule has 0 aliphatic carbocycles. The second-order valence-corrected chi connectivity index (χ2v) is 10.8. The van der Waals surface area contributed by atoms with E-state index < -0.39 is 26.9 Å². The fraction of sp³-hybridized carbons (Fsp3) is 0.238. The van der Waals surface area contributed by atoms with Gasteiger partial charge < -0.3 is 15.4 Å². The lowest BCUT2D eigenvalue weighted by molar-refractivity contribution is -0.139. The molecule has 2 heterocycles. The van der Waals surface area contributed by atoms with Gasteiger partial charge in [-0.2, -0.15) is 0 Å². The third-order valence-corrected chi connectivity index (χ3v) is 9.19. The molecule has 7 nitrogen and oxygen atoms in total. The average molecular weight is 479 g/mol.